The van der Waals surface area contributed by atoms with Crippen molar-refractivity contribution in [1.82, 2.24) is 9.88 Å². The number of carbonyl (C=O) groups excluding carboxylic acids is 1. The fourth-order valence-corrected chi connectivity index (χ4v) is 3.19. The zero-order valence-electron chi connectivity index (χ0n) is 12.2. The summed E-state index contributed by atoms with van der Waals surface area (Å²) in [4.78, 5) is 12.5. The number of nitrogens with two attached hydrogens (primary N) is 1. The Morgan fingerprint density at radius 3 is 2.85 bits per heavy atom. The molecule has 2 unspecified atom stereocenters. The molecule has 1 amide bonds. The van der Waals surface area contributed by atoms with E-state index in [0.29, 0.717) is 23.2 Å². The molecule has 1 aliphatic carbocycles. The number of rotatable bonds is 4. The summed E-state index contributed by atoms with van der Waals surface area (Å²) in [5.41, 5.74) is 6.44. The van der Waals surface area contributed by atoms with Crippen LogP contribution in [-0.4, -0.2) is 23.1 Å². The number of hydrogen-bond donors (Lipinski definition) is 2. The van der Waals surface area contributed by atoms with Gasteiger partial charge in [0.15, 0.2) is 0 Å². The molecular weight excluding hydrogens is 274 g/mol. The van der Waals surface area contributed by atoms with Crippen molar-refractivity contribution in [2.45, 2.75) is 51.6 Å². The highest BCUT2D eigenvalue weighted by atomic mass is 35.5. The van der Waals surface area contributed by atoms with Gasteiger partial charge in [0.25, 0.3) is 5.91 Å². The quantitative estimate of drug-likeness (QED) is 0.897. The number of carbonyl (C=O) groups is 1. The Hall–Kier alpha value is -1.00. The molecule has 1 aromatic rings. The van der Waals surface area contributed by atoms with Crippen molar-refractivity contribution < 1.29 is 4.79 Å². The molecule has 4 nitrogen and oxygen atoms in total. The van der Waals surface area contributed by atoms with E-state index in [1.165, 1.54) is 6.42 Å². The minimum atomic E-state index is -0.0454. The van der Waals surface area contributed by atoms with Gasteiger partial charge in [-0.05, 0) is 45.2 Å². The zero-order valence-corrected chi connectivity index (χ0v) is 13.0. The molecule has 0 spiro atoms. The minimum absolute atomic E-state index is 0.0454. The normalized spacial score (nSPS) is 23.1. The van der Waals surface area contributed by atoms with Crippen LogP contribution >= 0.6 is 11.6 Å². The van der Waals surface area contributed by atoms with Crippen molar-refractivity contribution in [2.75, 3.05) is 6.54 Å². The largest absolute Gasteiger partial charge is 0.348 e. The predicted molar refractivity (Wildman–Crippen MR) is 82.1 cm³/mol. The van der Waals surface area contributed by atoms with Crippen LogP contribution in [0.4, 0.5) is 0 Å². The topological polar surface area (TPSA) is 60.0 Å². The third kappa shape index (κ3) is 3.36. The molecule has 1 saturated carbocycles. The summed E-state index contributed by atoms with van der Waals surface area (Å²) < 4.78 is 1.91. The molecule has 3 N–H and O–H groups in total. The summed E-state index contributed by atoms with van der Waals surface area (Å²) in [5, 5.41) is 3.75. The van der Waals surface area contributed by atoms with Crippen LogP contribution in [0.25, 0.3) is 0 Å². The Bertz CT molecular complexity index is 470. The second-order valence-electron chi connectivity index (χ2n) is 5.90. The van der Waals surface area contributed by atoms with E-state index in [1.54, 1.807) is 6.07 Å². The molecule has 1 heterocycles. The maximum absolute atomic E-state index is 12.5. The van der Waals surface area contributed by atoms with Crippen molar-refractivity contribution in [2.24, 2.45) is 11.7 Å². The molecule has 0 saturated heterocycles. The molecule has 1 aliphatic rings. The van der Waals surface area contributed by atoms with Gasteiger partial charge < -0.3 is 15.6 Å². The van der Waals surface area contributed by atoms with E-state index in [2.05, 4.69) is 5.32 Å². The van der Waals surface area contributed by atoms with Crippen LogP contribution in [0.5, 0.6) is 0 Å². The molecule has 20 heavy (non-hydrogen) atoms. The molecule has 5 heteroatoms. The summed E-state index contributed by atoms with van der Waals surface area (Å²) in [5.74, 6) is 0.349. The molecule has 1 fully saturated rings. The molecule has 0 aliphatic heterocycles. The van der Waals surface area contributed by atoms with Gasteiger partial charge in [0, 0.05) is 18.3 Å². The van der Waals surface area contributed by atoms with Crippen molar-refractivity contribution >= 4 is 17.5 Å². The SMILES string of the molecule is CC(C)n1cc(Cl)cc1C(=O)NC1CCCCC1CN. The first-order valence-corrected chi connectivity index (χ1v) is 7.79. The van der Waals surface area contributed by atoms with Gasteiger partial charge >= 0.3 is 0 Å². The lowest BCUT2D eigenvalue weighted by atomic mass is 9.84. The van der Waals surface area contributed by atoms with Crippen LogP contribution in [0, 0.1) is 5.92 Å². The second kappa shape index (κ2) is 6.64. The van der Waals surface area contributed by atoms with Gasteiger partial charge in [-0.15, -0.1) is 0 Å². The molecule has 1 aromatic heterocycles. The van der Waals surface area contributed by atoms with Gasteiger partial charge in [0.2, 0.25) is 0 Å². The van der Waals surface area contributed by atoms with Gasteiger partial charge in [-0.25, -0.2) is 0 Å². The molecule has 112 valence electrons. The maximum atomic E-state index is 12.5. The van der Waals surface area contributed by atoms with Gasteiger partial charge in [-0.2, -0.15) is 0 Å². The Morgan fingerprint density at radius 2 is 2.20 bits per heavy atom. The first-order valence-electron chi connectivity index (χ1n) is 7.41. The average molecular weight is 298 g/mol. The summed E-state index contributed by atoms with van der Waals surface area (Å²) in [6.07, 6.45) is 6.30. The van der Waals surface area contributed by atoms with Crippen molar-refractivity contribution in [1.29, 1.82) is 0 Å². The van der Waals surface area contributed by atoms with Gasteiger partial charge in [0.05, 0.1) is 5.02 Å². The number of hydrogen-bond acceptors (Lipinski definition) is 2. The first kappa shape index (κ1) is 15.4. The fraction of sp³-hybridized carbons (Fsp3) is 0.667. The maximum Gasteiger partial charge on any atom is 0.268 e. The molecule has 2 atom stereocenters. The third-order valence-electron chi connectivity index (χ3n) is 4.13. The van der Waals surface area contributed by atoms with Crippen LogP contribution < -0.4 is 11.1 Å². The fourth-order valence-electron chi connectivity index (χ4n) is 2.98. The van der Waals surface area contributed by atoms with Crippen molar-refractivity contribution in [3.8, 4) is 0 Å². The van der Waals surface area contributed by atoms with E-state index in [1.807, 2.05) is 24.6 Å². The lowest BCUT2D eigenvalue weighted by Crippen LogP contribution is -2.45. The summed E-state index contributed by atoms with van der Waals surface area (Å²) >= 11 is 6.03. The molecule has 0 aromatic carbocycles. The second-order valence-corrected chi connectivity index (χ2v) is 6.34. The third-order valence-corrected chi connectivity index (χ3v) is 4.34. The van der Waals surface area contributed by atoms with Crippen LogP contribution in [0.15, 0.2) is 12.3 Å². The number of aromatic nitrogens is 1. The Balaban J connectivity index is 2.11. The van der Waals surface area contributed by atoms with Crippen molar-refractivity contribution in [3.05, 3.63) is 23.0 Å². The van der Waals surface area contributed by atoms with Crippen LogP contribution in [0.3, 0.4) is 0 Å². The van der Waals surface area contributed by atoms with Crippen LogP contribution in [0.1, 0.15) is 56.1 Å². The lowest BCUT2D eigenvalue weighted by Gasteiger charge is -2.31. The zero-order chi connectivity index (χ0) is 14.7. The Morgan fingerprint density at radius 1 is 1.50 bits per heavy atom. The van der Waals surface area contributed by atoms with E-state index in [0.717, 1.165) is 19.3 Å². The van der Waals surface area contributed by atoms with Crippen molar-refractivity contribution in [3.63, 3.8) is 0 Å². The number of nitrogens with zero attached hydrogens (tertiary/aromatic N) is 1. The minimum Gasteiger partial charge on any atom is -0.348 e. The van der Waals surface area contributed by atoms with E-state index in [9.17, 15) is 4.79 Å². The van der Waals surface area contributed by atoms with Gasteiger partial charge in [-0.1, -0.05) is 24.4 Å². The molecular formula is C15H24ClN3O. The van der Waals surface area contributed by atoms with Gasteiger partial charge in [-0.3, -0.25) is 4.79 Å². The van der Waals surface area contributed by atoms with E-state index < -0.39 is 0 Å². The number of amides is 1. The highest BCUT2D eigenvalue weighted by Crippen LogP contribution is 2.25. The van der Waals surface area contributed by atoms with Crippen LogP contribution in [-0.2, 0) is 0 Å². The molecule has 2 rings (SSSR count). The predicted octanol–water partition coefficient (Wildman–Crippen LogP) is 2.97. The Kier molecular flexibility index (Phi) is 5.11. The van der Waals surface area contributed by atoms with E-state index >= 15 is 0 Å². The monoisotopic (exact) mass is 297 g/mol. The number of halogens is 1. The summed E-state index contributed by atoms with van der Waals surface area (Å²) in [6, 6.07) is 2.13. The molecule has 0 bridgehead atoms. The van der Waals surface area contributed by atoms with Gasteiger partial charge in [0.1, 0.15) is 5.69 Å². The average Bonchev–Trinajstić information content (AvgIpc) is 2.82. The first-order chi connectivity index (χ1) is 9.52. The van der Waals surface area contributed by atoms with E-state index in [4.69, 9.17) is 17.3 Å². The summed E-state index contributed by atoms with van der Waals surface area (Å²) in [6.45, 7) is 4.71. The van der Waals surface area contributed by atoms with E-state index in [-0.39, 0.29) is 18.0 Å². The number of nitrogens with one attached hydrogen (secondary N) is 1. The van der Waals surface area contributed by atoms with Crippen LogP contribution in [0.2, 0.25) is 5.02 Å². The lowest BCUT2D eigenvalue weighted by molar-refractivity contribution is 0.0897. The Labute approximate surface area is 125 Å². The highest BCUT2D eigenvalue weighted by molar-refractivity contribution is 6.31. The molecule has 0 radical (unpaired) electrons. The standard InChI is InChI=1S/C15H24ClN3O/c1-10(2)19-9-12(16)7-14(19)15(20)18-13-6-4-3-5-11(13)8-17/h7,9-11,13H,3-6,8,17H2,1-2H3,(H,18,20). The highest BCUT2D eigenvalue weighted by Gasteiger charge is 2.26. The smallest absolute Gasteiger partial charge is 0.268 e. The summed E-state index contributed by atoms with van der Waals surface area (Å²) in [7, 11) is 0.